The van der Waals surface area contributed by atoms with Crippen LogP contribution in [0.3, 0.4) is 0 Å². The first-order chi connectivity index (χ1) is 9.49. The van der Waals surface area contributed by atoms with E-state index in [2.05, 4.69) is 21.2 Å². The van der Waals surface area contributed by atoms with Crippen LogP contribution in [0, 0.1) is 5.92 Å². The Kier molecular flexibility index (Phi) is 4.65. The molecule has 5 nitrogen and oxygen atoms in total. The standard InChI is InChI=1S/C14H16BrNO4/c1-20-12-3-2-10(15)4-8(12)7-13(17)16-11-5-9(6-11)14(18)19/h2-4,9,11H,5-7H2,1H3,(H,16,17)(H,18,19). The van der Waals surface area contributed by atoms with E-state index < -0.39 is 5.97 Å². The van der Waals surface area contributed by atoms with Crippen molar-refractivity contribution in [2.75, 3.05) is 7.11 Å². The lowest BCUT2D eigenvalue weighted by Gasteiger charge is -2.32. The second-order valence-electron chi connectivity index (χ2n) is 4.90. The number of hydrogen-bond acceptors (Lipinski definition) is 3. The Balaban J connectivity index is 1.89. The van der Waals surface area contributed by atoms with Crippen molar-refractivity contribution in [3.05, 3.63) is 28.2 Å². The number of carboxylic acid groups (broad SMARTS) is 1. The van der Waals surface area contributed by atoms with Crippen molar-refractivity contribution >= 4 is 27.8 Å². The highest BCUT2D eigenvalue weighted by Crippen LogP contribution is 2.28. The van der Waals surface area contributed by atoms with E-state index in [0.29, 0.717) is 18.6 Å². The molecule has 0 atom stereocenters. The first-order valence-corrected chi connectivity index (χ1v) is 7.13. The number of carbonyl (C=O) groups excluding carboxylic acids is 1. The SMILES string of the molecule is COc1ccc(Br)cc1CC(=O)NC1CC(C(=O)O)C1. The first kappa shape index (κ1) is 14.8. The topological polar surface area (TPSA) is 75.6 Å². The Morgan fingerprint density at radius 1 is 1.45 bits per heavy atom. The molecular formula is C14H16BrNO4. The number of methoxy groups -OCH3 is 1. The Morgan fingerprint density at radius 2 is 2.15 bits per heavy atom. The maximum Gasteiger partial charge on any atom is 0.306 e. The highest BCUT2D eigenvalue weighted by Gasteiger charge is 2.35. The van der Waals surface area contributed by atoms with Crippen molar-refractivity contribution in [3.8, 4) is 5.75 Å². The lowest BCUT2D eigenvalue weighted by atomic mass is 9.80. The molecular weight excluding hydrogens is 326 g/mol. The minimum Gasteiger partial charge on any atom is -0.496 e. The summed E-state index contributed by atoms with van der Waals surface area (Å²) in [5.74, 6) is -0.555. The molecule has 2 rings (SSSR count). The maximum atomic E-state index is 11.9. The molecule has 0 heterocycles. The monoisotopic (exact) mass is 341 g/mol. The zero-order valence-corrected chi connectivity index (χ0v) is 12.6. The molecule has 0 radical (unpaired) electrons. The van der Waals surface area contributed by atoms with Gasteiger partial charge in [0.15, 0.2) is 0 Å². The average molecular weight is 342 g/mol. The molecule has 1 amide bonds. The minimum atomic E-state index is -0.788. The Hall–Kier alpha value is -1.56. The van der Waals surface area contributed by atoms with Gasteiger partial charge in [-0.15, -0.1) is 0 Å². The Morgan fingerprint density at radius 3 is 2.75 bits per heavy atom. The molecule has 1 fully saturated rings. The van der Waals surface area contributed by atoms with Gasteiger partial charge in [-0.1, -0.05) is 15.9 Å². The summed E-state index contributed by atoms with van der Waals surface area (Å²) in [5, 5.41) is 11.6. The molecule has 20 heavy (non-hydrogen) atoms. The summed E-state index contributed by atoms with van der Waals surface area (Å²) in [4.78, 5) is 22.6. The molecule has 0 unspecified atom stereocenters. The third-order valence-electron chi connectivity index (χ3n) is 3.45. The predicted molar refractivity (Wildman–Crippen MR) is 76.7 cm³/mol. The molecule has 1 saturated carbocycles. The fraction of sp³-hybridized carbons (Fsp3) is 0.429. The first-order valence-electron chi connectivity index (χ1n) is 6.34. The smallest absolute Gasteiger partial charge is 0.306 e. The van der Waals surface area contributed by atoms with Gasteiger partial charge in [0.1, 0.15) is 5.75 Å². The fourth-order valence-corrected chi connectivity index (χ4v) is 2.68. The van der Waals surface area contributed by atoms with E-state index in [1.54, 1.807) is 13.2 Å². The zero-order valence-electron chi connectivity index (χ0n) is 11.1. The Labute approximate surface area is 125 Å². The lowest BCUT2D eigenvalue weighted by Crippen LogP contribution is -2.47. The fourth-order valence-electron chi connectivity index (χ4n) is 2.27. The summed E-state index contributed by atoms with van der Waals surface area (Å²) >= 11 is 3.36. The number of amides is 1. The number of ether oxygens (including phenoxy) is 1. The van der Waals surface area contributed by atoms with E-state index in [4.69, 9.17) is 9.84 Å². The molecule has 1 aliphatic rings. The molecule has 0 aliphatic heterocycles. The molecule has 108 valence electrons. The van der Waals surface area contributed by atoms with Gasteiger partial charge in [0.2, 0.25) is 5.91 Å². The van der Waals surface area contributed by atoms with Crippen molar-refractivity contribution in [1.29, 1.82) is 0 Å². The van der Waals surface area contributed by atoms with E-state index >= 15 is 0 Å². The number of aliphatic carboxylic acids is 1. The van der Waals surface area contributed by atoms with Gasteiger partial charge in [0, 0.05) is 16.1 Å². The highest BCUT2D eigenvalue weighted by atomic mass is 79.9. The third-order valence-corrected chi connectivity index (χ3v) is 3.94. The van der Waals surface area contributed by atoms with Gasteiger partial charge in [-0.2, -0.15) is 0 Å². The quantitative estimate of drug-likeness (QED) is 0.858. The minimum absolute atomic E-state index is 0.0262. The summed E-state index contributed by atoms with van der Waals surface area (Å²) in [6.45, 7) is 0. The van der Waals surface area contributed by atoms with Gasteiger partial charge in [-0.3, -0.25) is 9.59 Å². The van der Waals surface area contributed by atoms with Gasteiger partial charge < -0.3 is 15.2 Å². The molecule has 0 bridgehead atoms. The van der Waals surface area contributed by atoms with E-state index in [1.807, 2.05) is 12.1 Å². The van der Waals surface area contributed by atoms with Crippen LogP contribution in [0.1, 0.15) is 18.4 Å². The molecule has 6 heteroatoms. The molecule has 1 aromatic carbocycles. The van der Waals surface area contributed by atoms with Crippen LogP contribution in [0.5, 0.6) is 5.75 Å². The van der Waals surface area contributed by atoms with Crippen molar-refractivity contribution in [3.63, 3.8) is 0 Å². The van der Waals surface area contributed by atoms with Crippen LogP contribution in [-0.4, -0.2) is 30.1 Å². The van der Waals surface area contributed by atoms with Gasteiger partial charge in [-0.05, 0) is 31.0 Å². The van der Waals surface area contributed by atoms with Crippen molar-refractivity contribution in [1.82, 2.24) is 5.32 Å². The van der Waals surface area contributed by atoms with E-state index in [1.165, 1.54) is 0 Å². The molecule has 2 N–H and O–H groups in total. The molecule has 0 saturated heterocycles. The van der Waals surface area contributed by atoms with Crippen molar-refractivity contribution in [2.24, 2.45) is 5.92 Å². The molecule has 1 aromatic rings. The van der Waals surface area contributed by atoms with Gasteiger partial charge >= 0.3 is 5.97 Å². The number of benzene rings is 1. The molecule has 0 spiro atoms. The van der Waals surface area contributed by atoms with Gasteiger partial charge in [0.25, 0.3) is 0 Å². The maximum absolute atomic E-state index is 11.9. The molecule has 0 aromatic heterocycles. The van der Waals surface area contributed by atoms with Crippen LogP contribution in [0.25, 0.3) is 0 Å². The van der Waals surface area contributed by atoms with Crippen LogP contribution >= 0.6 is 15.9 Å². The third kappa shape index (κ3) is 3.50. The van der Waals surface area contributed by atoms with E-state index in [0.717, 1.165) is 10.0 Å². The van der Waals surface area contributed by atoms with Gasteiger partial charge in [0.05, 0.1) is 19.4 Å². The van der Waals surface area contributed by atoms with Gasteiger partial charge in [-0.25, -0.2) is 0 Å². The van der Waals surface area contributed by atoms with Crippen LogP contribution in [0.2, 0.25) is 0 Å². The van der Waals surface area contributed by atoms with E-state index in [9.17, 15) is 9.59 Å². The number of nitrogens with one attached hydrogen (secondary N) is 1. The van der Waals surface area contributed by atoms with Crippen LogP contribution in [-0.2, 0) is 16.0 Å². The summed E-state index contributed by atoms with van der Waals surface area (Å²) in [7, 11) is 1.56. The van der Waals surface area contributed by atoms with Crippen molar-refractivity contribution < 1.29 is 19.4 Å². The summed E-state index contributed by atoms with van der Waals surface area (Å²) < 4.78 is 6.10. The number of carboxylic acids is 1. The number of halogens is 1. The van der Waals surface area contributed by atoms with E-state index in [-0.39, 0.29) is 24.3 Å². The number of carbonyl (C=O) groups is 2. The second-order valence-corrected chi connectivity index (χ2v) is 5.82. The lowest BCUT2D eigenvalue weighted by molar-refractivity contribution is -0.146. The molecule has 1 aliphatic carbocycles. The zero-order chi connectivity index (χ0) is 14.7. The number of hydrogen-bond donors (Lipinski definition) is 2. The van der Waals surface area contributed by atoms with Crippen LogP contribution < -0.4 is 10.1 Å². The highest BCUT2D eigenvalue weighted by molar-refractivity contribution is 9.10. The Bertz CT molecular complexity index is 526. The summed E-state index contributed by atoms with van der Waals surface area (Å²) in [6, 6.07) is 5.47. The van der Waals surface area contributed by atoms with Crippen LogP contribution in [0.15, 0.2) is 22.7 Å². The largest absolute Gasteiger partial charge is 0.496 e. The average Bonchev–Trinajstić information content (AvgIpc) is 2.33. The van der Waals surface area contributed by atoms with Crippen LogP contribution in [0.4, 0.5) is 0 Å². The predicted octanol–water partition coefficient (Wildman–Crippen LogP) is 1.98. The number of rotatable bonds is 5. The summed E-state index contributed by atoms with van der Waals surface area (Å²) in [6.07, 6.45) is 1.24. The van der Waals surface area contributed by atoms with Crippen molar-refractivity contribution in [2.45, 2.75) is 25.3 Å². The second kappa shape index (κ2) is 6.26. The summed E-state index contributed by atoms with van der Waals surface area (Å²) in [5.41, 5.74) is 0.800. The normalized spacial score (nSPS) is 20.9.